The van der Waals surface area contributed by atoms with Crippen LogP contribution in [0, 0.1) is 11.8 Å². The molecule has 0 saturated heterocycles. The molecule has 1 aliphatic carbocycles. The van der Waals surface area contributed by atoms with E-state index in [9.17, 15) is 4.79 Å². The molecule has 0 bridgehead atoms. The van der Waals surface area contributed by atoms with Crippen LogP contribution >= 0.6 is 0 Å². The molecule has 1 aliphatic heterocycles. The standard InChI is InChI=1S/C28H35NO2/c1-2-29-19-18-25(22-12-6-3-7-13-22)26(20-29)28(30)31-21-27(23-14-8-4-9-15-23)24-16-10-5-11-17-24/h4-5,8-11,14-18,22,26-27H,2-3,6-7,12-13,19-21H2,1H3. The summed E-state index contributed by atoms with van der Waals surface area (Å²) in [5.41, 5.74) is 3.72. The van der Waals surface area contributed by atoms with Crippen molar-refractivity contribution in [3.05, 3.63) is 83.4 Å². The lowest BCUT2D eigenvalue weighted by Gasteiger charge is -2.36. The van der Waals surface area contributed by atoms with Crippen LogP contribution in [0.1, 0.15) is 56.1 Å². The number of carbonyl (C=O) groups excluding carboxylic acids is 1. The summed E-state index contributed by atoms with van der Waals surface area (Å²) < 4.78 is 6.06. The van der Waals surface area contributed by atoms with Gasteiger partial charge in [-0.3, -0.25) is 9.69 Å². The highest BCUT2D eigenvalue weighted by molar-refractivity contribution is 5.76. The van der Waals surface area contributed by atoms with Crippen LogP contribution in [0.3, 0.4) is 0 Å². The highest BCUT2D eigenvalue weighted by Gasteiger charge is 2.34. The second kappa shape index (κ2) is 10.8. The minimum absolute atomic E-state index is 0.0492. The van der Waals surface area contributed by atoms with E-state index >= 15 is 0 Å². The van der Waals surface area contributed by atoms with Gasteiger partial charge in [-0.15, -0.1) is 0 Å². The Morgan fingerprint density at radius 2 is 1.58 bits per heavy atom. The van der Waals surface area contributed by atoms with Crippen molar-refractivity contribution in [3.8, 4) is 0 Å². The summed E-state index contributed by atoms with van der Waals surface area (Å²) >= 11 is 0. The van der Waals surface area contributed by atoms with Crippen molar-refractivity contribution in [2.75, 3.05) is 26.2 Å². The van der Waals surface area contributed by atoms with Gasteiger partial charge in [-0.05, 0) is 36.4 Å². The quantitative estimate of drug-likeness (QED) is 0.420. The minimum Gasteiger partial charge on any atom is -0.464 e. The average molecular weight is 418 g/mol. The van der Waals surface area contributed by atoms with Crippen molar-refractivity contribution in [2.24, 2.45) is 11.8 Å². The lowest BCUT2D eigenvalue weighted by atomic mass is 9.77. The molecule has 3 heteroatoms. The summed E-state index contributed by atoms with van der Waals surface area (Å²) in [5, 5.41) is 0. The van der Waals surface area contributed by atoms with Crippen LogP contribution in [-0.2, 0) is 9.53 Å². The van der Waals surface area contributed by atoms with Crippen LogP contribution in [0.15, 0.2) is 72.3 Å². The van der Waals surface area contributed by atoms with Crippen LogP contribution in [0.4, 0.5) is 0 Å². The van der Waals surface area contributed by atoms with Crippen LogP contribution in [-0.4, -0.2) is 37.1 Å². The van der Waals surface area contributed by atoms with Crippen molar-refractivity contribution < 1.29 is 9.53 Å². The molecule has 1 heterocycles. The molecular formula is C28H35NO2. The van der Waals surface area contributed by atoms with E-state index in [1.54, 1.807) is 0 Å². The maximum absolute atomic E-state index is 13.4. The van der Waals surface area contributed by atoms with Gasteiger partial charge < -0.3 is 4.74 Å². The topological polar surface area (TPSA) is 29.5 Å². The van der Waals surface area contributed by atoms with Crippen molar-refractivity contribution in [1.29, 1.82) is 0 Å². The summed E-state index contributed by atoms with van der Waals surface area (Å²) in [6.07, 6.45) is 8.67. The van der Waals surface area contributed by atoms with Crippen molar-refractivity contribution in [3.63, 3.8) is 0 Å². The zero-order valence-electron chi connectivity index (χ0n) is 18.7. The number of hydrogen-bond acceptors (Lipinski definition) is 3. The fourth-order valence-corrected chi connectivity index (χ4v) is 5.19. The summed E-state index contributed by atoms with van der Waals surface area (Å²) in [7, 11) is 0. The van der Waals surface area contributed by atoms with Crippen LogP contribution in [0.2, 0.25) is 0 Å². The predicted molar refractivity (Wildman–Crippen MR) is 126 cm³/mol. The summed E-state index contributed by atoms with van der Waals surface area (Å²) in [5.74, 6) is 0.444. The summed E-state index contributed by atoms with van der Waals surface area (Å²) in [6, 6.07) is 20.8. The number of carbonyl (C=O) groups is 1. The molecule has 0 N–H and O–H groups in total. The molecule has 164 valence electrons. The van der Waals surface area contributed by atoms with Crippen molar-refractivity contribution in [1.82, 2.24) is 4.90 Å². The van der Waals surface area contributed by atoms with Crippen molar-refractivity contribution >= 4 is 5.97 Å². The fourth-order valence-electron chi connectivity index (χ4n) is 5.19. The van der Waals surface area contributed by atoms with Gasteiger partial charge in [-0.25, -0.2) is 0 Å². The van der Waals surface area contributed by atoms with E-state index < -0.39 is 0 Å². The summed E-state index contributed by atoms with van der Waals surface area (Å²) in [6.45, 7) is 5.27. The number of hydrogen-bond donors (Lipinski definition) is 0. The molecule has 31 heavy (non-hydrogen) atoms. The lowest BCUT2D eigenvalue weighted by molar-refractivity contribution is -0.148. The molecule has 2 aliphatic rings. The fraction of sp³-hybridized carbons (Fsp3) is 0.464. The van der Waals surface area contributed by atoms with E-state index in [2.05, 4.69) is 66.4 Å². The van der Waals surface area contributed by atoms with Gasteiger partial charge in [-0.2, -0.15) is 0 Å². The van der Waals surface area contributed by atoms with E-state index in [4.69, 9.17) is 4.74 Å². The zero-order chi connectivity index (χ0) is 21.5. The Morgan fingerprint density at radius 3 is 2.16 bits per heavy atom. The molecule has 3 nitrogen and oxygen atoms in total. The average Bonchev–Trinajstić information content (AvgIpc) is 2.85. The zero-order valence-corrected chi connectivity index (χ0v) is 18.7. The van der Waals surface area contributed by atoms with E-state index in [-0.39, 0.29) is 17.8 Å². The van der Waals surface area contributed by atoms with Crippen LogP contribution in [0.25, 0.3) is 0 Å². The number of nitrogens with zero attached hydrogens (tertiary/aromatic N) is 1. The monoisotopic (exact) mass is 417 g/mol. The molecule has 1 fully saturated rings. The molecule has 2 aromatic rings. The Labute approximate surface area is 187 Å². The number of rotatable bonds is 7. The van der Waals surface area contributed by atoms with Crippen molar-refractivity contribution in [2.45, 2.75) is 44.9 Å². The Morgan fingerprint density at radius 1 is 0.968 bits per heavy atom. The van der Waals surface area contributed by atoms with Gasteiger partial charge in [0.1, 0.15) is 6.61 Å². The smallest absolute Gasteiger partial charge is 0.314 e. The van der Waals surface area contributed by atoms with E-state index in [1.807, 2.05) is 12.1 Å². The molecule has 0 radical (unpaired) electrons. The normalized spacial score (nSPS) is 20.5. The van der Waals surface area contributed by atoms with E-state index in [0.717, 1.165) is 19.6 Å². The molecule has 1 atom stereocenters. The molecule has 0 amide bonds. The Bertz CT molecular complexity index is 816. The first kappa shape index (κ1) is 21.8. The highest BCUT2D eigenvalue weighted by Crippen LogP contribution is 2.36. The molecule has 1 saturated carbocycles. The van der Waals surface area contributed by atoms with Gasteiger partial charge in [0.2, 0.25) is 0 Å². The number of esters is 1. The number of likely N-dealkylation sites (N-methyl/N-ethyl adjacent to an activating group) is 1. The minimum atomic E-state index is -0.121. The first-order chi connectivity index (χ1) is 15.3. The van der Waals surface area contributed by atoms with E-state index in [1.165, 1.54) is 48.8 Å². The Kier molecular flexibility index (Phi) is 7.58. The second-order valence-electron chi connectivity index (χ2n) is 8.95. The lowest BCUT2D eigenvalue weighted by Crippen LogP contribution is -2.41. The molecule has 0 aromatic heterocycles. The van der Waals surface area contributed by atoms with Gasteiger partial charge in [0.05, 0.1) is 5.92 Å². The Hall–Kier alpha value is -2.39. The van der Waals surface area contributed by atoms with Gasteiger partial charge in [0.15, 0.2) is 0 Å². The Balaban J connectivity index is 1.50. The van der Waals surface area contributed by atoms with Gasteiger partial charge in [0.25, 0.3) is 0 Å². The predicted octanol–water partition coefficient (Wildman–Crippen LogP) is 5.82. The van der Waals surface area contributed by atoms with E-state index in [0.29, 0.717) is 12.5 Å². The number of benzene rings is 2. The third-order valence-electron chi connectivity index (χ3n) is 7.03. The maximum Gasteiger partial charge on any atom is 0.314 e. The highest BCUT2D eigenvalue weighted by atomic mass is 16.5. The SMILES string of the molecule is CCN1CC=C(C2CCCCC2)C(C(=O)OCC(c2ccccc2)c2ccccc2)C1. The van der Waals surface area contributed by atoms with Crippen LogP contribution < -0.4 is 0 Å². The number of ether oxygens (including phenoxy) is 1. The van der Waals surface area contributed by atoms with Gasteiger partial charge in [-0.1, -0.05) is 98.5 Å². The first-order valence-corrected chi connectivity index (χ1v) is 11.9. The molecule has 2 aromatic carbocycles. The molecular weight excluding hydrogens is 382 g/mol. The molecule has 1 unspecified atom stereocenters. The third-order valence-corrected chi connectivity index (χ3v) is 7.03. The largest absolute Gasteiger partial charge is 0.464 e. The first-order valence-electron chi connectivity index (χ1n) is 11.9. The second-order valence-corrected chi connectivity index (χ2v) is 8.95. The molecule has 4 rings (SSSR count). The van der Waals surface area contributed by atoms with Crippen LogP contribution in [0.5, 0.6) is 0 Å². The van der Waals surface area contributed by atoms with Gasteiger partial charge >= 0.3 is 5.97 Å². The third kappa shape index (κ3) is 5.46. The molecule has 0 spiro atoms. The maximum atomic E-state index is 13.4. The summed E-state index contributed by atoms with van der Waals surface area (Å²) in [4.78, 5) is 15.7. The van der Waals surface area contributed by atoms with Gasteiger partial charge in [0, 0.05) is 19.0 Å².